The molecule has 0 radical (unpaired) electrons. The topological polar surface area (TPSA) is 60.4 Å². The van der Waals surface area contributed by atoms with Crippen LogP contribution in [0.15, 0.2) is 0 Å². The van der Waals surface area contributed by atoms with Crippen LogP contribution in [0.5, 0.6) is 0 Å². The van der Waals surface area contributed by atoms with Gasteiger partial charge in [-0.05, 0) is 19.2 Å². The Morgan fingerprint density at radius 2 is 1.62 bits per heavy atom. The fourth-order valence-electron chi connectivity index (χ4n) is 0.911. The number of hydrogen-bond acceptors (Lipinski definition) is 4. The monoisotopic (exact) mass is 228 g/mol. The summed E-state index contributed by atoms with van der Waals surface area (Å²) in [5, 5.41) is 0. The Hall–Kier alpha value is 0.140. The molecule has 0 aliphatic carbocycles. The quantitative estimate of drug-likeness (QED) is 0.513. The van der Waals surface area contributed by atoms with Gasteiger partial charge in [0.1, 0.15) is 12.6 Å². The van der Waals surface area contributed by atoms with Crippen molar-refractivity contribution in [1.29, 1.82) is 0 Å². The van der Waals surface area contributed by atoms with Crippen LogP contribution in [0.2, 0.25) is 0 Å². The second-order valence-electron chi connectivity index (χ2n) is 2.78. The number of rotatable bonds is 6. The van der Waals surface area contributed by atoms with E-state index in [1.54, 1.807) is 20.8 Å². The summed E-state index contributed by atoms with van der Waals surface area (Å²) in [6.07, 6.45) is 0.825. The minimum Gasteiger partial charge on any atom is -0.322 e. The molecule has 0 aliphatic heterocycles. The molecule has 0 atom stereocenters. The third-order valence-corrected chi connectivity index (χ3v) is 7.89. The molecule has 0 saturated heterocycles. The van der Waals surface area contributed by atoms with Crippen LogP contribution in [-0.2, 0) is 18.9 Å². The minimum absolute atomic E-state index is 0.107. The molecule has 80 valence electrons. The maximum absolute atomic E-state index is 11.8. The molecule has 13 heavy (non-hydrogen) atoms. The van der Waals surface area contributed by atoms with Crippen molar-refractivity contribution in [3.8, 4) is 0 Å². The van der Waals surface area contributed by atoms with Gasteiger partial charge < -0.3 is 4.57 Å². The predicted molar refractivity (Wildman–Crippen MR) is 54.1 cm³/mol. The van der Waals surface area contributed by atoms with Crippen LogP contribution in [0.25, 0.3) is 0 Å². The molecule has 0 saturated carbocycles. The first-order valence-electron chi connectivity index (χ1n) is 4.33. The molecule has 0 aromatic heterocycles. The van der Waals surface area contributed by atoms with E-state index in [4.69, 9.17) is 0 Å². The molecule has 0 N–H and O–H groups in total. The highest BCUT2D eigenvalue weighted by Crippen LogP contribution is 2.45. The molecular weight excluding hydrogens is 211 g/mol. The lowest BCUT2D eigenvalue weighted by Gasteiger charge is -2.13. The zero-order valence-electron chi connectivity index (χ0n) is 8.32. The molecule has 0 spiro atoms. The van der Waals surface area contributed by atoms with E-state index in [0.29, 0.717) is 12.3 Å². The van der Waals surface area contributed by atoms with Crippen LogP contribution in [-0.4, -0.2) is 32.8 Å². The number of hydrogen-bond donors (Lipinski definition) is 0. The summed E-state index contributed by atoms with van der Waals surface area (Å²) in [6, 6.07) is 0. The standard InChI is InChI=1S/C7H17O4PS/c1-4-11-13(9,10)7-12(8,5-2)6-3/h4-7H2,1-3H3. The maximum Gasteiger partial charge on any atom is 0.274 e. The lowest BCUT2D eigenvalue weighted by Crippen LogP contribution is -2.12. The highest BCUT2D eigenvalue weighted by Gasteiger charge is 2.26. The fraction of sp³-hybridized carbons (Fsp3) is 1.00. The smallest absolute Gasteiger partial charge is 0.274 e. The van der Waals surface area contributed by atoms with Crippen molar-refractivity contribution < 1.29 is 17.2 Å². The molecule has 0 aromatic rings. The average Bonchev–Trinajstić information content (AvgIpc) is 2.03. The Morgan fingerprint density at radius 3 is 1.92 bits per heavy atom. The van der Waals surface area contributed by atoms with Gasteiger partial charge >= 0.3 is 0 Å². The lowest BCUT2D eigenvalue weighted by molar-refractivity contribution is 0.341. The fourth-order valence-corrected chi connectivity index (χ4v) is 5.78. The molecule has 0 heterocycles. The van der Waals surface area contributed by atoms with Gasteiger partial charge in [-0.25, -0.2) is 0 Å². The summed E-state index contributed by atoms with van der Waals surface area (Å²) >= 11 is 0. The van der Waals surface area contributed by atoms with E-state index in [1.807, 2.05) is 0 Å². The maximum atomic E-state index is 11.8. The van der Waals surface area contributed by atoms with Gasteiger partial charge in [0.2, 0.25) is 0 Å². The molecule has 0 aromatic carbocycles. The molecule has 0 bridgehead atoms. The molecule has 0 fully saturated rings. The predicted octanol–water partition coefficient (Wildman–Crippen LogP) is 1.71. The molecule has 0 unspecified atom stereocenters. The zero-order chi connectivity index (χ0) is 10.5. The van der Waals surface area contributed by atoms with Gasteiger partial charge in [-0.15, -0.1) is 0 Å². The van der Waals surface area contributed by atoms with Crippen LogP contribution in [0, 0.1) is 0 Å². The van der Waals surface area contributed by atoms with E-state index < -0.39 is 17.3 Å². The van der Waals surface area contributed by atoms with Gasteiger partial charge in [0.25, 0.3) is 10.1 Å². The third kappa shape index (κ3) is 4.79. The van der Waals surface area contributed by atoms with Crippen LogP contribution < -0.4 is 0 Å². The normalized spacial score (nSPS) is 13.2. The van der Waals surface area contributed by atoms with Gasteiger partial charge in [0, 0.05) is 0 Å². The van der Waals surface area contributed by atoms with Crippen molar-refractivity contribution in [1.82, 2.24) is 0 Å². The van der Waals surface area contributed by atoms with Crippen molar-refractivity contribution in [2.75, 3.05) is 24.4 Å². The SMILES string of the molecule is CCOS(=O)(=O)CP(=O)(CC)CC. The summed E-state index contributed by atoms with van der Waals surface area (Å²) < 4.78 is 38.6. The van der Waals surface area contributed by atoms with Crippen LogP contribution in [0.1, 0.15) is 20.8 Å². The van der Waals surface area contributed by atoms with E-state index in [9.17, 15) is 13.0 Å². The van der Waals surface area contributed by atoms with Crippen LogP contribution >= 0.6 is 7.14 Å². The highest BCUT2D eigenvalue weighted by atomic mass is 32.2. The molecule has 0 rings (SSSR count). The Balaban J connectivity index is 4.51. The zero-order valence-corrected chi connectivity index (χ0v) is 10.0. The molecule has 0 amide bonds. The van der Waals surface area contributed by atoms with Crippen LogP contribution in [0.4, 0.5) is 0 Å². The van der Waals surface area contributed by atoms with Crippen molar-refractivity contribution in [2.45, 2.75) is 20.8 Å². The Bertz CT molecular complexity index is 275. The molecule has 4 nitrogen and oxygen atoms in total. The van der Waals surface area contributed by atoms with Crippen molar-refractivity contribution in [2.24, 2.45) is 0 Å². The molecule has 6 heteroatoms. The first kappa shape index (κ1) is 13.1. The van der Waals surface area contributed by atoms with Gasteiger partial charge in [-0.1, -0.05) is 13.8 Å². The minimum atomic E-state index is -3.58. The Kier molecular flexibility index (Phi) is 5.18. The highest BCUT2D eigenvalue weighted by molar-refractivity contribution is 7.95. The van der Waals surface area contributed by atoms with Gasteiger partial charge in [0.05, 0.1) is 6.61 Å². The van der Waals surface area contributed by atoms with Crippen molar-refractivity contribution >= 4 is 17.3 Å². The van der Waals surface area contributed by atoms with Gasteiger partial charge in [-0.3, -0.25) is 4.18 Å². The van der Waals surface area contributed by atoms with Gasteiger partial charge in [0.15, 0.2) is 0 Å². The van der Waals surface area contributed by atoms with E-state index in [1.165, 1.54) is 0 Å². The second-order valence-corrected chi connectivity index (χ2v) is 8.55. The van der Waals surface area contributed by atoms with Gasteiger partial charge in [-0.2, -0.15) is 8.42 Å². The van der Waals surface area contributed by atoms with E-state index in [2.05, 4.69) is 4.18 Å². The van der Waals surface area contributed by atoms with Crippen LogP contribution in [0.3, 0.4) is 0 Å². The molecular formula is C7H17O4PS. The summed E-state index contributed by atoms with van der Waals surface area (Å²) in [5.41, 5.74) is -0.319. The third-order valence-electron chi connectivity index (χ3n) is 1.84. The van der Waals surface area contributed by atoms with Crippen molar-refractivity contribution in [3.63, 3.8) is 0 Å². The second kappa shape index (κ2) is 5.13. The van der Waals surface area contributed by atoms with E-state index in [0.717, 1.165) is 0 Å². The first-order chi connectivity index (χ1) is 5.89. The largest absolute Gasteiger partial charge is 0.322 e. The Labute approximate surface area is 80.2 Å². The summed E-state index contributed by atoms with van der Waals surface area (Å²) in [5.74, 6) is 0. The Morgan fingerprint density at radius 1 is 1.15 bits per heavy atom. The molecule has 0 aliphatic rings. The first-order valence-corrected chi connectivity index (χ1v) is 8.17. The average molecular weight is 228 g/mol. The van der Waals surface area contributed by atoms with Crippen molar-refractivity contribution in [3.05, 3.63) is 0 Å². The lowest BCUT2D eigenvalue weighted by atomic mass is 10.9. The van der Waals surface area contributed by atoms with E-state index >= 15 is 0 Å². The summed E-state index contributed by atoms with van der Waals surface area (Å²) in [7, 11) is -6.12. The summed E-state index contributed by atoms with van der Waals surface area (Å²) in [6.45, 7) is 5.19. The summed E-state index contributed by atoms with van der Waals surface area (Å²) in [4.78, 5) is 0. The van der Waals surface area contributed by atoms with E-state index in [-0.39, 0.29) is 12.1 Å².